The number of likely N-dealkylation sites (tertiary alicyclic amines) is 1. The lowest BCUT2D eigenvalue weighted by molar-refractivity contribution is -0.124. The van der Waals surface area contributed by atoms with Gasteiger partial charge in [-0.3, -0.25) is 9.59 Å². The summed E-state index contributed by atoms with van der Waals surface area (Å²) < 4.78 is 5.40. The molecule has 144 valence electrons. The van der Waals surface area contributed by atoms with Crippen molar-refractivity contribution >= 4 is 29.9 Å². The van der Waals surface area contributed by atoms with Gasteiger partial charge in [-0.15, -0.1) is 12.4 Å². The molecule has 2 fully saturated rings. The normalized spacial score (nSPS) is 20.5. The maximum atomic E-state index is 12.7. The molecule has 1 aromatic rings. The molecule has 2 aliphatic heterocycles. The van der Waals surface area contributed by atoms with Crippen molar-refractivity contribution in [2.75, 3.05) is 38.6 Å². The minimum Gasteiger partial charge on any atom is -0.368 e. The lowest BCUT2D eigenvalue weighted by Crippen LogP contribution is -2.40. The molecule has 1 atom stereocenters. The van der Waals surface area contributed by atoms with Crippen LogP contribution in [-0.4, -0.2) is 56.1 Å². The molecule has 1 aromatic carbocycles. The van der Waals surface area contributed by atoms with Crippen LogP contribution < -0.4 is 10.6 Å². The topological polar surface area (TPSA) is 70.7 Å². The van der Waals surface area contributed by atoms with Gasteiger partial charge in [0.05, 0.1) is 0 Å². The van der Waals surface area contributed by atoms with Crippen LogP contribution in [0.4, 0.5) is 5.69 Å². The van der Waals surface area contributed by atoms with Crippen LogP contribution in [0.5, 0.6) is 0 Å². The number of anilines is 1. The second-order valence-electron chi connectivity index (χ2n) is 6.86. The largest absolute Gasteiger partial charge is 0.368 e. The maximum Gasteiger partial charge on any atom is 0.253 e. The van der Waals surface area contributed by atoms with Crippen molar-refractivity contribution < 1.29 is 14.3 Å². The number of ether oxygens (including phenoxy) is 1. The molecule has 0 saturated carbocycles. The van der Waals surface area contributed by atoms with Gasteiger partial charge in [0.1, 0.15) is 6.10 Å². The Kier molecular flexibility index (Phi) is 7.87. The molecule has 2 heterocycles. The molecule has 2 aliphatic rings. The number of piperidine rings is 1. The van der Waals surface area contributed by atoms with Gasteiger partial charge in [-0.2, -0.15) is 0 Å². The van der Waals surface area contributed by atoms with E-state index in [2.05, 4.69) is 10.6 Å². The van der Waals surface area contributed by atoms with Crippen LogP contribution >= 0.6 is 12.4 Å². The predicted molar refractivity (Wildman–Crippen MR) is 104 cm³/mol. The van der Waals surface area contributed by atoms with Gasteiger partial charge >= 0.3 is 0 Å². The van der Waals surface area contributed by atoms with Gasteiger partial charge in [-0.1, -0.05) is 6.07 Å². The number of benzene rings is 1. The van der Waals surface area contributed by atoms with Crippen molar-refractivity contribution in [2.24, 2.45) is 5.92 Å². The Labute approximate surface area is 161 Å². The van der Waals surface area contributed by atoms with Gasteiger partial charge in [-0.25, -0.2) is 0 Å². The fourth-order valence-corrected chi connectivity index (χ4v) is 3.55. The molecule has 6 nitrogen and oxygen atoms in total. The van der Waals surface area contributed by atoms with Crippen LogP contribution in [-0.2, 0) is 9.53 Å². The highest BCUT2D eigenvalue weighted by Gasteiger charge is 2.25. The number of nitrogens with one attached hydrogen (secondary N) is 2. The minimum atomic E-state index is -0.370. The first-order valence-electron chi connectivity index (χ1n) is 9.14. The second-order valence-corrected chi connectivity index (χ2v) is 6.86. The van der Waals surface area contributed by atoms with E-state index in [1.54, 1.807) is 6.07 Å². The number of halogens is 1. The summed E-state index contributed by atoms with van der Waals surface area (Å²) in [7, 11) is 1.97. The molecule has 0 aromatic heterocycles. The first-order chi connectivity index (χ1) is 12.2. The standard InChI is InChI=1S/C19H27N3O3.ClH/c1-20-13-14-7-9-22(10-8-14)19(24)15-4-2-5-16(12-15)21-18(23)17-6-3-11-25-17;/h2,4-5,12,14,17,20H,3,6-11,13H2,1H3,(H,21,23);1H. The van der Waals surface area contributed by atoms with E-state index < -0.39 is 0 Å². The van der Waals surface area contributed by atoms with Gasteiger partial charge in [0.15, 0.2) is 0 Å². The predicted octanol–water partition coefficient (Wildman–Crippen LogP) is 2.30. The third-order valence-corrected chi connectivity index (χ3v) is 4.99. The average Bonchev–Trinajstić information content (AvgIpc) is 3.17. The fraction of sp³-hybridized carbons (Fsp3) is 0.579. The van der Waals surface area contributed by atoms with Crippen molar-refractivity contribution in [3.8, 4) is 0 Å². The molecular weight excluding hydrogens is 354 g/mol. The van der Waals surface area contributed by atoms with Gasteiger partial charge in [-0.05, 0) is 63.4 Å². The Morgan fingerprint density at radius 1 is 1.23 bits per heavy atom. The molecule has 1 unspecified atom stereocenters. The highest BCUT2D eigenvalue weighted by atomic mass is 35.5. The number of carbonyl (C=O) groups excluding carboxylic acids is 2. The Bertz CT molecular complexity index is 612. The zero-order chi connectivity index (χ0) is 17.6. The van der Waals surface area contributed by atoms with Crippen LogP contribution in [0.25, 0.3) is 0 Å². The molecule has 2 amide bonds. The van der Waals surface area contributed by atoms with E-state index in [1.165, 1.54) is 0 Å². The van der Waals surface area contributed by atoms with E-state index in [1.807, 2.05) is 30.1 Å². The van der Waals surface area contributed by atoms with Crippen LogP contribution in [0.3, 0.4) is 0 Å². The SMILES string of the molecule is CNCC1CCN(C(=O)c2cccc(NC(=O)C3CCCO3)c2)CC1.Cl. The number of hydrogen-bond donors (Lipinski definition) is 2. The summed E-state index contributed by atoms with van der Waals surface area (Å²) in [6.07, 6.45) is 3.36. The zero-order valence-electron chi connectivity index (χ0n) is 15.2. The lowest BCUT2D eigenvalue weighted by atomic mass is 9.96. The van der Waals surface area contributed by atoms with Gasteiger partial charge in [0, 0.05) is 30.9 Å². The van der Waals surface area contributed by atoms with E-state index in [0.717, 1.165) is 45.3 Å². The summed E-state index contributed by atoms with van der Waals surface area (Å²) in [5, 5.41) is 6.07. The molecular formula is C19H28ClN3O3. The van der Waals surface area contributed by atoms with Crippen molar-refractivity contribution in [2.45, 2.75) is 31.8 Å². The highest BCUT2D eigenvalue weighted by Crippen LogP contribution is 2.20. The molecule has 2 N–H and O–H groups in total. The Hall–Kier alpha value is -1.63. The maximum absolute atomic E-state index is 12.7. The Morgan fingerprint density at radius 3 is 2.65 bits per heavy atom. The summed E-state index contributed by atoms with van der Waals surface area (Å²) in [5.74, 6) is 0.553. The molecule has 0 bridgehead atoms. The van der Waals surface area contributed by atoms with E-state index in [-0.39, 0.29) is 30.3 Å². The summed E-state index contributed by atoms with van der Waals surface area (Å²) in [6.45, 7) is 3.22. The molecule has 26 heavy (non-hydrogen) atoms. The molecule has 2 saturated heterocycles. The van der Waals surface area contributed by atoms with E-state index in [0.29, 0.717) is 23.8 Å². The van der Waals surface area contributed by atoms with Gasteiger partial charge < -0.3 is 20.3 Å². The second kappa shape index (κ2) is 9.90. The van der Waals surface area contributed by atoms with E-state index >= 15 is 0 Å². The highest BCUT2D eigenvalue weighted by molar-refractivity contribution is 5.98. The van der Waals surface area contributed by atoms with Crippen LogP contribution in [0.15, 0.2) is 24.3 Å². The van der Waals surface area contributed by atoms with E-state index in [9.17, 15) is 9.59 Å². The molecule has 0 aliphatic carbocycles. The summed E-state index contributed by atoms with van der Waals surface area (Å²) in [4.78, 5) is 26.8. The minimum absolute atomic E-state index is 0. The van der Waals surface area contributed by atoms with Crippen molar-refractivity contribution in [1.82, 2.24) is 10.2 Å². The van der Waals surface area contributed by atoms with Crippen LogP contribution in [0, 0.1) is 5.92 Å². The number of carbonyl (C=O) groups is 2. The third kappa shape index (κ3) is 5.19. The smallest absolute Gasteiger partial charge is 0.253 e. The summed E-state index contributed by atoms with van der Waals surface area (Å²) in [5.41, 5.74) is 1.27. The first kappa shape index (κ1) is 20.7. The molecule has 0 radical (unpaired) electrons. The van der Waals surface area contributed by atoms with Crippen molar-refractivity contribution in [1.29, 1.82) is 0 Å². The number of hydrogen-bond acceptors (Lipinski definition) is 4. The fourth-order valence-electron chi connectivity index (χ4n) is 3.55. The van der Waals surface area contributed by atoms with Crippen molar-refractivity contribution in [3.05, 3.63) is 29.8 Å². The Balaban J connectivity index is 0.00000243. The Morgan fingerprint density at radius 2 is 2.00 bits per heavy atom. The first-order valence-corrected chi connectivity index (χ1v) is 9.14. The van der Waals surface area contributed by atoms with Crippen LogP contribution in [0.1, 0.15) is 36.0 Å². The lowest BCUT2D eigenvalue weighted by Gasteiger charge is -2.32. The third-order valence-electron chi connectivity index (χ3n) is 4.99. The quantitative estimate of drug-likeness (QED) is 0.821. The molecule has 7 heteroatoms. The zero-order valence-corrected chi connectivity index (χ0v) is 16.0. The van der Waals surface area contributed by atoms with E-state index in [4.69, 9.17) is 4.74 Å². The van der Waals surface area contributed by atoms with Gasteiger partial charge in [0.2, 0.25) is 0 Å². The van der Waals surface area contributed by atoms with Crippen LogP contribution in [0.2, 0.25) is 0 Å². The molecule has 3 rings (SSSR count). The monoisotopic (exact) mass is 381 g/mol. The average molecular weight is 382 g/mol. The number of rotatable bonds is 5. The summed E-state index contributed by atoms with van der Waals surface area (Å²) in [6, 6.07) is 7.19. The molecule has 0 spiro atoms. The van der Waals surface area contributed by atoms with Crippen molar-refractivity contribution in [3.63, 3.8) is 0 Å². The summed E-state index contributed by atoms with van der Waals surface area (Å²) >= 11 is 0. The van der Waals surface area contributed by atoms with Gasteiger partial charge in [0.25, 0.3) is 11.8 Å². The number of nitrogens with zero attached hydrogens (tertiary/aromatic N) is 1. The number of amides is 2.